The molecule has 0 radical (unpaired) electrons. The summed E-state index contributed by atoms with van der Waals surface area (Å²) in [7, 11) is 0. The summed E-state index contributed by atoms with van der Waals surface area (Å²) in [6.45, 7) is 9.11. The summed E-state index contributed by atoms with van der Waals surface area (Å²) < 4.78 is 15.9. The highest BCUT2D eigenvalue weighted by molar-refractivity contribution is 5.82. The van der Waals surface area contributed by atoms with Gasteiger partial charge < -0.3 is 14.2 Å². The molecule has 0 aliphatic carbocycles. The Morgan fingerprint density at radius 1 is 0.912 bits per heavy atom. The Hall–Kier alpha value is -3.78. The van der Waals surface area contributed by atoms with Crippen molar-refractivity contribution in [3.05, 3.63) is 90.5 Å². The highest BCUT2D eigenvalue weighted by Crippen LogP contribution is 2.14. The second-order valence-electron chi connectivity index (χ2n) is 7.66. The Labute approximate surface area is 202 Å². The molecular weight excluding hydrogens is 428 g/mol. The molecule has 5 heteroatoms. The molecule has 0 aliphatic heterocycles. The van der Waals surface area contributed by atoms with Gasteiger partial charge in [-0.1, -0.05) is 56.9 Å². The number of carbonyl (C=O) groups is 2. The van der Waals surface area contributed by atoms with E-state index in [2.05, 4.69) is 56.2 Å². The third-order valence-electron chi connectivity index (χ3n) is 4.96. The first-order valence-corrected chi connectivity index (χ1v) is 11.5. The quantitative estimate of drug-likeness (QED) is 0.173. The molecule has 0 amide bonds. The van der Waals surface area contributed by atoms with Crippen molar-refractivity contribution in [2.24, 2.45) is 0 Å². The average molecular weight is 461 g/mol. The van der Waals surface area contributed by atoms with E-state index in [0.717, 1.165) is 29.7 Å². The Bertz CT molecular complexity index is 994. The molecule has 34 heavy (non-hydrogen) atoms. The number of ether oxygens (including phenoxy) is 3. The first-order valence-electron chi connectivity index (χ1n) is 11.5. The molecule has 0 saturated carbocycles. The number of carbonyl (C=O) groups excluding carboxylic acids is 2. The summed E-state index contributed by atoms with van der Waals surface area (Å²) in [5.74, 6) is 5.85. The molecule has 0 fully saturated rings. The lowest BCUT2D eigenvalue weighted by molar-refractivity contribution is -0.153. The van der Waals surface area contributed by atoms with Crippen molar-refractivity contribution in [3.8, 4) is 17.6 Å². The van der Waals surface area contributed by atoms with Crippen molar-refractivity contribution in [1.82, 2.24) is 0 Å². The Morgan fingerprint density at radius 2 is 1.53 bits per heavy atom. The fraction of sp³-hybridized carbons (Fsp3) is 0.310. The zero-order chi connectivity index (χ0) is 24.6. The highest BCUT2D eigenvalue weighted by atomic mass is 16.6. The Kier molecular flexibility index (Phi) is 11.8. The number of esters is 2. The van der Waals surface area contributed by atoms with E-state index >= 15 is 0 Å². The molecular formula is C29H32O5. The average Bonchev–Trinajstić information content (AvgIpc) is 2.87. The fourth-order valence-corrected chi connectivity index (χ4v) is 3.04. The van der Waals surface area contributed by atoms with Gasteiger partial charge in [0, 0.05) is 29.7 Å². The van der Waals surface area contributed by atoms with Gasteiger partial charge in [0.05, 0.1) is 6.61 Å². The van der Waals surface area contributed by atoms with E-state index in [9.17, 15) is 9.59 Å². The van der Waals surface area contributed by atoms with E-state index in [4.69, 9.17) is 14.2 Å². The zero-order valence-corrected chi connectivity index (χ0v) is 19.8. The van der Waals surface area contributed by atoms with E-state index in [0.29, 0.717) is 12.2 Å². The lowest BCUT2D eigenvalue weighted by atomic mass is 10.1. The van der Waals surface area contributed by atoms with Gasteiger partial charge in [0.15, 0.2) is 0 Å². The highest BCUT2D eigenvalue weighted by Gasteiger charge is 2.15. The van der Waals surface area contributed by atoms with Crippen molar-refractivity contribution in [1.29, 1.82) is 0 Å². The number of aryl methyl sites for hydroxylation is 1. The predicted molar refractivity (Wildman–Crippen MR) is 133 cm³/mol. The summed E-state index contributed by atoms with van der Waals surface area (Å²) in [4.78, 5) is 22.7. The smallest absolute Gasteiger partial charge is 0.330 e. The van der Waals surface area contributed by atoms with Crippen LogP contribution in [0.15, 0.2) is 73.8 Å². The molecule has 0 saturated heterocycles. The lowest BCUT2D eigenvalue weighted by Crippen LogP contribution is -2.26. The van der Waals surface area contributed by atoms with E-state index in [1.54, 1.807) is 0 Å². The molecule has 178 valence electrons. The number of benzene rings is 2. The zero-order valence-electron chi connectivity index (χ0n) is 19.8. The van der Waals surface area contributed by atoms with E-state index < -0.39 is 18.0 Å². The molecule has 2 aromatic carbocycles. The van der Waals surface area contributed by atoms with Crippen LogP contribution in [0.1, 0.15) is 49.3 Å². The van der Waals surface area contributed by atoms with Gasteiger partial charge in [-0.25, -0.2) is 9.59 Å². The van der Waals surface area contributed by atoms with Gasteiger partial charge in [0.2, 0.25) is 0 Å². The van der Waals surface area contributed by atoms with Crippen LogP contribution in [0.5, 0.6) is 5.75 Å². The molecule has 5 nitrogen and oxygen atoms in total. The van der Waals surface area contributed by atoms with Crippen LogP contribution in [0, 0.1) is 11.8 Å². The maximum atomic E-state index is 11.5. The van der Waals surface area contributed by atoms with Crippen molar-refractivity contribution < 1.29 is 23.8 Å². The monoisotopic (exact) mass is 460 g/mol. The Morgan fingerprint density at radius 3 is 2.12 bits per heavy atom. The van der Waals surface area contributed by atoms with Gasteiger partial charge in [0.1, 0.15) is 18.5 Å². The Balaban J connectivity index is 1.84. The fourth-order valence-electron chi connectivity index (χ4n) is 3.04. The summed E-state index contributed by atoms with van der Waals surface area (Å²) in [6, 6.07) is 15.9. The summed E-state index contributed by atoms with van der Waals surface area (Å²) in [5, 5.41) is 0. The van der Waals surface area contributed by atoms with Crippen molar-refractivity contribution in [2.45, 2.75) is 45.1 Å². The van der Waals surface area contributed by atoms with Crippen molar-refractivity contribution in [3.63, 3.8) is 0 Å². The number of hydrogen-bond donors (Lipinski definition) is 0. The third kappa shape index (κ3) is 10.2. The minimum absolute atomic E-state index is 0.0813. The van der Waals surface area contributed by atoms with Crippen LogP contribution >= 0.6 is 0 Å². The second-order valence-corrected chi connectivity index (χ2v) is 7.66. The SMILES string of the molecule is C=CC(=O)OCC(CCOc1ccc(C#Cc2ccc(CCCCC)cc2)cc1)OC(=O)C=C. The second kappa shape index (κ2) is 15.1. The third-order valence-corrected chi connectivity index (χ3v) is 4.96. The summed E-state index contributed by atoms with van der Waals surface area (Å²) >= 11 is 0. The maximum absolute atomic E-state index is 11.5. The molecule has 2 aromatic rings. The normalized spacial score (nSPS) is 10.9. The van der Waals surface area contributed by atoms with Gasteiger partial charge in [-0.15, -0.1) is 0 Å². The van der Waals surface area contributed by atoms with E-state index in [1.807, 2.05) is 24.3 Å². The number of rotatable bonds is 13. The molecule has 0 spiro atoms. The van der Waals surface area contributed by atoms with Gasteiger partial charge in [-0.05, 0) is 54.8 Å². The van der Waals surface area contributed by atoms with Crippen LogP contribution < -0.4 is 4.74 Å². The number of hydrogen-bond acceptors (Lipinski definition) is 5. The van der Waals surface area contributed by atoms with Crippen molar-refractivity contribution in [2.75, 3.05) is 13.2 Å². The maximum Gasteiger partial charge on any atom is 0.330 e. The molecule has 1 atom stereocenters. The molecule has 0 aliphatic rings. The van der Waals surface area contributed by atoms with Gasteiger partial charge in [0.25, 0.3) is 0 Å². The molecule has 0 N–H and O–H groups in total. The van der Waals surface area contributed by atoms with Gasteiger partial charge >= 0.3 is 11.9 Å². The molecule has 0 aromatic heterocycles. The molecule has 2 rings (SSSR count). The minimum atomic E-state index is -0.641. The van der Waals surface area contributed by atoms with Crippen LogP contribution in [0.3, 0.4) is 0 Å². The topological polar surface area (TPSA) is 61.8 Å². The van der Waals surface area contributed by atoms with Crippen LogP contribution in [0.4, 0.5) is 0 Å². The summed E-state index contributed by atoms with van der Waals surface area (Å²) in [6.07, 6.45) is 6.64. The van der Waals surface area contributed by atoms with Crippen LogP contribution in [-0.2, 0) is 25.5 Å². The van der Waals surface area contributed by atoms with Crippen molar-refractivity contribution >= 4 is 11.9 Å². The standard InChI is InChI=1S/C29H32O5/c1-4-7-8-9-23-10-12-24(13-11-23)14-15-25-16-18-26(19-17-25)32-21-20-27(34-29(31)6-3)22-33-28(30)5-2/h5-6,10-13,16-19,27H,2-4,7-9,20-22H2,1H3. The minimum Gasteiger partial charge on any atom is -0.493 e. The summed E-state index contributed by atoms with van der Waals surface area (Å²) in [5.41, 5.74) is 3.21. The van der Waals surface area contributed by atoms with E-state index in [1.165, 1.54) is 24.8 Å². The molecule has 1 unspecified atom stereocenters. The number of unbranched alkanes of at least 4 members (excludes halogenated alkanes) is 2. The molecule has 0 bridgehead atoms. The first-order chi connectivity index (χ1) is 16.5. The first kappa shape index (κ1) is 26.5. The van der Waals surface area contributed by atoms with Crippen LogP contribution in [-0.4, -0.2) is 31.3 Å². The van der Waals surface area contributed by atoms with Crippen LogP contribution in [0.2, 0.25) is 0 Å². The van der Waals surface area contributed by atoms with Gasteiger partial charge in [-0.2, -0.15) is 0 Å². The van der Waals surface area contributed by atoms with E-state index in [-0.39, 0.29) is 13.2 Å². The molecule has 0 heterocycles. The van der Waals surface area contributed by atoms with Crippen LogP contribution in [0.25, 0.3) is 0 Å². The predicted octanol–water partition coefficient (Wildman–Crippen LogP) is 5.42. The lowest BCUT2D eigenvalue weighted by Gasteiger charge is -2.17. The van der Waals surface area contributed by atoms with Gasteiger partial charge in [-0.3, -0.25) is 0 Å². The largest absolute Gasteiger partial charge is 0.493 e.